The Kier molecular flexibility index (Phi) is 3.62. The minimum absolute atomic E-state index is 0.118. The predicted octanol–water partition coefficient (Wildman–Crippen LogP) is 2.55. The highest BCUT2D eigenvalue weighted by Crippen LogP contribution is 2.25. The van der Waals surface area contributed by atoms with E-state index in [0.717, 1.165) is 11.0 Å². The molecule has 0 saturated carbocycles. The Balaban J connectivity index is 2.01. The molecule has 0 fully saturated rings. The Morgan fingerprint density at radius 3 is 2.50 bits per heavy atom. The Bertz CT molecular complexity index is 804. The minimum Gasteiger partial charge on any atom is -0.459 e. The molecule has 0 spiro atoms. The van der Waals surface area contributed by atoms with E-state index in [9.17, 15) is 13.2 Å². The number of sulfone groups is 1. The van der Waals surface area contributed by atoms with E-state index in [4.69, 9.17) is 4.42 Å². The molecule has 3 rings (SSSR count). The molecule has 2 aromatic rings. The van der Waals surface area contributed by atoms with Gasteiger partial charge in [-0.15, -0.1) is 0 Å². The third kappa shape index (κ3) is 2.82. The van der Waals surface area contributed by atoms with Gasteiger partial charge >= 0.3 is 0 Å². The summed E-state index contributed by atoms with van der Waals surface area (Å²) in [4.78, 5) is 14.2. The van der Waals surface area contributed by atoms with Crippen LogP contribution in [0.5, 0.6) is 0 Å². The predicted molar refractivity (Wildman–Crippen MR) is 83.4 cm³/mol. The normalized spacial score (nSPS) is 19.2. The molecule has 2 heterocycles. The maximum absolute atomic E-state index is 12.7. The van der Waals surface area contributed by atoms with Gasteiger partial charge in [-0.1, -0.05) is 17.7 Å². The standard InChI is InChI=1S/C16H15NO4S/c1-12-4-6-13(7-5-12)17(14-8-10-22(19,20)11-14)16(18)15-3-2-9-21-15/h2-10,14H,11H2,1H3/t14-/m1/s1. The van der Waals surface area contributed by atoms with Crippen molar-refractivity contribution in [1.82, 2.24) is 0 Å². The van der Waals surface area contributed by atoms with Crippen molar-refractivity contribution < 1.29 is 17.6 Å². The maximum Gasteiger partial charge on any atom is 0.294 e. The molecule has 0 unspecified atom stereocenters. The summed E-state index contributed by atoms with van der Waals surface area (Å²) in [7, 11) is -3.26. The number of benzene rings is 1. The SMILES string of the molecule is Cc1ccc(N(C(=O)c2ccco2)[C@@H]2C=CS(=O)(=O)C2)cc1. The van der Waals surface area contributed by atoms with Crippen molar-refractivity contribution in [2.45, 2.75) is 13.0 Å². The van der Waals surface area contributed by atoms with Crippen LogP contribution in [-0.2, 0) is 9.84 Å². The number of hydrogen-bond donors (Lipinski definition) is 0. The fourth-order valence-electron chi connectivity index (χ4n) is 2.40. The Morgan fingerprint density at radius 1 is 1.23 bits per heavy atom. The molecular weight excluding hydrogens is 302 g/mol. The van der Waals surface area contributed by atoms with Crippen molar-refractivity contribution in [2.24, 2.45) is 0 Å². The molecule has 1 amide bonds. The highest BCUT2D eigenvalue weighted by molar-refractivity contribution is 7.94. The zero-order valence-corrected chi connectivity index (χ0v) is 12.8. The van der Waals surface area contributed by atoms with E-state index < -0.39 is 15.9 Å². The molecule has 1 atom stereocenters. The second-order valence-corrected chi connectivity index (χ2v) is 7.14. The molecule has 1 aliphatic rings. The van der Waals surface area contributed by atoms with Crippen LogP contribution >= 0.6 is 0 Å². The topological polar surface area (TPSA) is 67.6 Å². The quantitative estimate of drug-likeness (QED) is 0.872. The fourth-order valence-corrected chi connectivity index (χ4v) is 3.67. The Morgan fingerprint density at radius 2 is 1.95 bits per heavy atom. The van der Waals surface area contributed by atoms with Gasteiger partial charge in [-0.25, -0.2) is 8.42 Å². The summed E-state index contributed by atoms with van der Waals surface area (Å²) in [5.41, 5.74) is 1.70. The number of furan rings is 1. The highest BCUT2D eigenvalue weighted by Gasteiger charge is 2.32. The Labute approximate surface area is 128 Å². The van der Waals surface area contributed by atoms with E-state index >= 15 is 0 Å². The van der Waals surface area contributed by atoms with Gasteiger partial charge in [0.25, 0.3) is 5.91 Å². The van der Waals surface area contributed by atoms with Crippen LogP contribution in [0.4, 0.5) is 5.69 Å². The van der Waals surface area contributed by atoms with Gasteiger partial charge in [0.05, 0.1) is 18.1 Å². The summed E-state index contributed by atoms with van der Waals surface area (Å²) < 4.78 is 28.6. The Hall–Kier alpha value is -2.34. The first-order valence-corrected chi connectivity index (χ1v) is 8.52. The molecule has 0 aliphatic carbocycles. The summed E-state index contributed by atoms with van der Waals surface area (Å²) in [5.74, 6) is -0.299. The average Bonchev–Trinajstić information content (AvgIpc) is 3.11. The van der Waals surface area contributed by atoms with Gasteiger partial charge in [0.2, 0.25) is 0 Å². The lowest BCUT2D eigenvalue weighted by molar-refractivity contribution is 0.0956. The first-order chi connectivity index (χ1) is 10.5. The second kappa shape index (κ2) is 5.46. The summed E-state index contributed by atoms with van der Waals surface area (Å²) in [6, 6.07) is 10.0. The first kappa shape index (κ1) is 14.6. The summed E-state index contributed by atoms with van der Waals surface area (Å²) >= 11 is 0. The van der Waals surface area contributed by atoms with Gasteiger partial charge in [-0.05, 0) is 37.3 Å². The van der Waals surface area contributed by atoms with Crippen LogP contribution in [0.3, 0.4) is 0 Å². The molecule has 114 valence electrons. The molecule has 0 N–H and O–H groups in total. The van der Waals surface area contributed by atoms with Crippen molar-refractivity contribution in [1.29, 1.82) is 0 Å². The molecule has 0 bridgehead atoms. The van der Waals surface area contributed by atoms with E-state index in [2.05, 4.69) is 0 Å². The van der Waals surface area contributed by atoms with Crippen molar-refractivity contribution in [3.8, 4) is 0 Å². The van der Waals surface area contributed by atoms with Crippen molar-refractivity contribution in [3.05, 3.63) is 65.5 Å². The summed E-state index contributed by atoms with van der Waals surface area (Å²) in [6.07, 6.45) is 2.96. The lowest BCUT2D eigenvalue weighted by Gasteiger charge is -2.26. The molecular formula is C16H15NO4S. The summed E-state index contributed by atoms with van der Waals surface area (Å²) in [5, 5.41) is 1.16. The zero-order chi connectivity index (χ0) is 15.7. The monoisotopic (exact) mass is 317 g/mol. The molecule has 0 saturated heterocycles. The van der Waals surface area contributed by atoms with Gasteiger partial charge < -0.3 is 4.42 Å². The fraction of sp³-hybridized carbons (Fsp3) is 0.188. The molecule has 6 heteroatoms. The lowest BCUT2D eigenvalue weighted by Crippen LogP contribution is -2.41. The third-order valence-electron chi connectivity index (χ3n) is 3.51. The van der Waals surface area contributed by atoms with E-state index in [-0.39, 0.29) is 17.4 Å². The van der Waals surface area contributed by atoms with Crippen molar-refractivity contribution >= 4 is 21.4 Å². The van der Waals surface area contributed by atoms with Crippen LogP contribution in [-0.4, -0.2) is 26.1 Å². The highest BCUT2D eigenvalue weighted by atomic mass is 32.2. The van der Waals surface area contributed by atoms with Gasteiger partial charge in [0.1, 0.15) is 0 Å². The van der Waals surface area contributed by atoms with Crippen LogP contribution in [0.15, 0.2) is 58.6 Å². The number of carbonyl (C=O) groups is 1. The van der Waals surface area contributed by atoms with Gasteiger partial charge in [0.15, 0.2) is 15.6 Å². The van der Waals surface area contributed by atoms with Crippen molar-refractivity contribution in [3.63, 3.8) is 0 Å². The zero-order valence-electron chi connectivity index (χ0n) is 12.0. The number of anilines is 1. The van der Waals surface area contributed by atoms with Gasteiger partial charge in [-0.3, -0.25) is 9.69 Å². The maximum atomic E-state index is 12.7. The molecule has 0 radical (unpaired) electrons. The van der Waals surface area contributed by atoms with E-state index in [1.807, 2.05) is 19.1 Å². The molecule has 1 aliphatic heterocycles. The van der Waals surface area contributed by atoms with Gasteiger partial charge in [-0.2, -0.15) is 0 Å². The van der Waals surface area contributed by atoms with E-state index in [1.165, 1.54) is 17.2 Å². The summed E-state index contributed by atoms with van der Waals surface area (Å²) in [6.45, 7) is 1.95. The minimum atomic E-state index is -3.26. The molecule has 5 nitrogen and oxygen atoms in total. The molecule has 1 aromatic carbocycles. The van der Waals surface area contributed by atoms with E-state index in [0.29, 0.717) is 5.69 Å². The van der Waals surface area contributed by atoms with Crippen molar-refractivity contribution in [2.75, 3.05) is 10.7 Å². The van der Waals surface area contributed by atoms with Crippen LogP contribution in [0.1, 0.15) is 16.1 Å². The number of carbonyl (C=O) groups excluding carboxylic acids is 1. The second-order valence-electron chi connectivity index (χ2n) is 5.21. The van der Waals surface area contributed by atoms with Crippen LogP contribution in [0.2, 0.25) is 0 Å². The average molecular weight is 317 g/mol. The molecule has 22 heavy (non-hydrogen) atoms. The van der Waals surface area contributed by atoms with Crippen LogP contribution < -0.4 is 4.90 Å². The molecule has 1 aromatic heterocycles. The largest absolute Gasteiger partial charge is 0.459 e. The third-order valence-corrected chi connectivity index (χ3v) is 4.88. The number of aryl methyl sites for hydroxylation is 1. The first-order valence-electron chi connectivity index (χ1n) is 6.81. The number of rotatable bonds is 3. The number of hydrogen-bond acceptors (Lipinski definition) is 4. The number of nitrogens with zero attached hydrogens (tertiary/aromatic N) is 1. The van der Waals surface area contributed by atoms with E-state index in [1.54, 1.807) is 24.3 Å². The number of amides is 1. The van der Waals surface area contributed by atoms with Gasteiger partial charge in [0, 0.05) is 11.1 Å². The van der Waals surface area contributed by atoms with Crippen LogP contribution in [0, 0.1) is 6.92 Å². The smallest absolute Gasteiger partial charge is 0.294 e. The van der Waals surface area contributed by atoms with Crippen LogP contribution in [0.25, 0.3) is 0 Å². The lowest BCUT2D eigenvalue weighted by atomic mass is 10.1.